The number of rotatable bonds is 7. The number of para-hydroxylation sites is 1. The zero-order valence-electron chi connectivity index (χ0n) is 19.9. The second-order valence-electron chi connectivity index (χ2n) is 9.92. The molecule has 1 fully saturated rings. The first kappa shape index (κ1) is 24.3. The highest BCUT2D eigenvalue weighted by Crippen LogP contribution is 2.44. The number of carbonyl (C=O) groups is 2. The maximum atomic E-state index is 13.2. The Morgan fingerprint density at radius 3 is 2.64 bits per heavy atom. The molecule has 1 saturated carbocycles. The van der Waals surface area contributed by atoms with Gasteiger partial charge in [-0.25, -0.2) is 0 Å². The number of H-pyrrole nitrogens is 1. The normalized spacial score (nSPS) is 17.4. The number of aromatic amines is 1. The van der Waals surface area contributed by atoms with Gasteiger partial charge in [-0.15, -0.1) is 10.2 Å². The van der Waals surface area contributed by atoms with E-state index in [0.717, 1.165) is 46.7 Å². The lowest BCUT2D eigenvalue weighted by Gasteiger charge is -2.33. The van der Waals surface area contributed by atoms with Gasteiger partial charge in [-0.05, 0) is 36.3 Å². The van der Waals surface area contributed by atoms with Gasteiger partial charge in [0.25, 0.3) is 0 Å². The largest absolute Gasteiger partial charge is 0.451 e. The van der Waals surface area contributed by atoms with Gasteiger partial charge in [0.1, 0.15) is 0 Å². The van der Waals surface area contributed by atoms with E-state index in [9.17, 15) is 22.8 Å². The third kappa shape index (κ3) is 4.96. The molecule has 11 heteroatoms. The summed E-state index contributed by atoms with van der Waals surface area (Å²) in [5, 5.41) is 11.1. The Labute approximate surface area is 206 Å². The number of nitrogens with zero attached hydrogens (tertiary/aromatic N) is 4. The molecule has 8 nitrogen and oxygen atoms in total. The third-order valence-electron chi connectivity index (χ3n) is 7.48. The molecule has 1 aliphatic carbocycles. The molecule has 36 heavy (non-hydrogen) atoms. The number of carbonyl (C=O) groups excluding carboxylic acids is 2. The van der Waals surface area contributed by atoms with Crippen molar-refractivity contribution in [3.05, 3.63) is 47.7 Å². The van der Waals surface area contributed by atoms with Crippen LogP contribution in [0.25, 0.3) is 10.9 Å². The van der Waals surface area contributed by atoms with Gasteiger partial charge in [-0.3, -0.25) is 9.59 Å². The van der Waals surface area contributed by atoms with Gasteiger partial charge in [-0.2, -0.15) is 13.2 Å². The molecule has 0 spiro atoms. The maximum Gasteiger partial charge on any atom is 0.451 e. The molecule has 0 bridgehead atoms. The molecule has 2 aromatic heterocycles. The van der Waals surface area contributed by atoms with Crippen LogP contribution in [0.5, 0.6) is 0 Å². The fraction of sp³-hybridized carbons (Fsp3) is 0.520. The molecule has 0 atom stereocenters. The van der Waals surface area contributed by atoms with Crippen LogP contribution in [0.3, 0.4) is 0 Å². The minimum Gasteiger partial charge on any atom is -0.361 e. The fourth-order valence-corrected chi connectivity index (χ4v) is 5.63. The number of benzene rings is 1. The summed E-state index contributed by atoms with van der Waals surface area (Å²) >= 11 is 0. The Morgan fingerprint density at radius 2 is 1.86 bits per heavy atom. The van der Waals surface area contributed by atoms with Crippen LogP contribution in [0.1, 0.15) is 55.7 Å². The fourth-order valence-electron chi connectivity index (χ4n) is 5.63. The van der Waals surface area contributed by atoms with Gasteiger partial charge < -0.3 is 19.8 Å². The number of aromatic nitrogens is 4. The predicted molar refractivity (Wildman–Crippen MR) is 126 cm³/mol. The summed E-state index contributed by atoms with van der Waals surface area (Å²) in [5.74, 6) is -1.11. The highest BCUT2D eigenvalue weighted by Gasteiger charge is 2.42. The van der Waals surface area contributed by atoms with Gasteiger partial charge in [-0.1, -0.05) is 31.0 Å². The number of fused-ring (bicyclic) bond motifs is 2. The van der Waals surface area contributed by atoms with E-state index in [1.165, 1.54) is 0 Å². The number of hydrogen-bond donors (Lipinski definition) is 2. The Morgan fingerprint density at radius 1 is 1.08 bits per heavy atom. The lowest BCUT2D eigenvalue weighted by molar-refractivity contribution is -0.148. The van der Waals surface area contributed by atoms with E-state index in [0.29, 0.717) is 13.0 Å². The third-order valence-corrected chi connectivity index (χ3v) is 7.48. The summed E-state index contributed by atoms with van der Waals surface area (Å²) in [7, 11) is 0. The Bertz CT molecular complexity index is 1260. The van der Waals surface area contributed by atoms with Crippen molar-refractivity contribution in [2.75, 3.05) is 13.1 Å². The number of hydrogen-bond acceptors (Lipinski definition) is 4. The Hall–Kier alpha value is -3.37. The van der Waals surface area contributed by atoms with Crippen LogP contribution in [-0.4, -0.2) is 49.6 Å². The first-order valence-corrected chi connectivity index (χ1v) is 12.3. The highest BCUT2D eigenvalue weighted by molar-refractivity contribution is 5.83. The van der Waals surface area contributed by atoms with E-state index in [1.807, 2.05) is 24.4 Å². The first-order chi connectivity index (χ1) is 17.2. The molecule has 5 rings (SSSR count). The average Bonchev–Trinajstić information content (AvgIpc) is 3.57. The molecular weight excluding hydrogens is 473 g/mol. The van der Waals surface area contributed by atoms with Crippen molar-refractivity contribution in [1.82, 2.24) is 30.0 Å². The predicted octanol–water partition coefficient (Wildman–Crippen LogP) is 3.82. The number of nitrogens with one attached hydrogen (secondary N) is 2. The van der Waals surface area contributed by atoms with Crippen LogP contribution in [-0.2, 0) is 35.3 Å². The number of alkyl halides is 3. The summed E-state index contributed by atoms with van der Waals surface area (Å²) < 4.78 is 40.3. The molecule has 0 unspecified atom stereocenters. The van der Waals surface area contributed by atoms with Crippen molar-refractivity contribution in [2.45, 2.75) is 64.2 Å². The first-order valence-electron chi connectivity index (χ1n) is 12.3. The molecule has 3 heterocycles. The van der Waals surface area contributed by atoms with Gasteiger partial charge in [0, 0.05) is 49.6 Å². The SMILES string of the molecule is O=C(CC1(CC(=O)N2CCn3c(nnc3C(F)(F)F)C2)CCCC1)NCCc1c[nH]c2ccccc12. The summed E-state index contributed by atoms with van der Waals surface area (Å²) in [6.45, 7) is 0.674. The van der Waals surface area contributed by atoms with Crippen LogP contribution in [0.4, 0.5) is 13.2 Å². The molecule has 0 saturated heterocycles. The topological polar surface area (TPSA) is 95.9 Å². The lowest BCUT2D eigenvalue weighted by Crippen LogP contribution is -2.42. The van der Waals surface area contributed by atoms with Crippen LogP contribution < -0.4 is 5.32 Å². The number of amides is 2. The van der Waals surface area contributed by atoms with Crippen molar-refractivity contribution in [3.8, 4) is 0 Å². The zero-order valence-corrected chi connectivity index (χ0v) is 19.9. The summed E-state index contributed by atoms with van der Waals surface area (Å²) in [5.41, 5.74) is 1.79. The van der Waals surface area contributed by atoms with Gasteiger partial charge in [0.05, 0.1) is 6.54 Å². The minimum atomic E-state index is -4.58. The van der Waals surface area contributed by atoms with E-state index in [1.54, 1.807) is 4.90 Å². The molecule has 3 aromatic rings. The summed E-state index contributed by atoms with van der Waals surface area (Å²) in [6, 6.07) is 8.02. The van der Waals surface area contributed by atoms with Crippen molar-refractivity contribution < 1.29 is 22.8 Å². The highest BCUT2D eigenvalue weighted by atomic mass is 19.4. The average molecular weight is 503 g/mol. The second-order valence-corrected chi connectivity index (χ2v) is 9.92. The quantitative estimate of drug-likeness (QED) is 0.514. The molecular formula is C25H29F3N6O2. The zero-order chi connectivity index (χ0) is 25.3. The van der Waals surface area contributed by atoms with Crippen LogP contribution in [0.2, 0.25) is 0 Å². The molecule has 192 valence electrons. The number of halogens is 3. The molecule has 1 aromatic carbocycles. The molecule has 2 aliphatic rings. The lowest BCUT2D eigenvalue weighted by atomic mass is 9.78. The minimum absolute atomic E-state index is 0.00421. The Kier molecular flexibility index (Phi) is 6.48. The molecule has 0 radical (unpaired) electrons. The van der Waals surface area contributed by atoms with E-state index in [-0.39, 0.29) is 50.1 Å². The second kappa shape index (κ2) is 9.59. The van der Waals surface area contributed by atoms with Crippen molar-refractivity contribution in [3.63, 3.8) is 0 Å². The van der Waals surface area contributed by atoms with Crippen molar-refractivity contribution in [2.24, 2.45) is 5.41 Å². The van der Waals surface area contributed by atoms with Gasteiger partial charge >= 0.3 is 6.18 Å². The maximum absolute atomic E-state index is 13.2. The van der Waals surface area contributed by atoms with E-state index >= 15 is 0 Å². The Balaban J connectivity index is 1.17. The van der Waals surface area contributed by atoms with E-state index in [4.69, 9.17) is 0 Å². The molecule has 2 N–H and O–H groups in total. The monoisotopic (exact) mass is 502 g/mol. The van der Waals surface area contributed by atoms with E-state index < -0.39 is 17.4 Å². The molecule has 1 aliphatic heterocycles. The van der Waals surface area contributed by atoms with Crippen LogP contribution in [0.15, 0.2) is 30.5 Å². The standard InChI is InChI=1S/C25H29F3N6O2/c26-25(27,28)23-32-31-20-16-33(11-12-34(20)23)22(36)14-24(8-3-4-9-24)13-21(35)29-10-7-17-15-30-19-6-2-1-5-18(17)19/h1-2,5-6,15,30H,3-4,7-14,16H2,(H,29,35). The smallest absolute Gasteiger partial charge is 0.361 e. The summed E-state index contributed by atoms with van der Waals surface area (Å²) in [6.07, 6.45) is 2.07. The van der Waals surface area contributed by atoms with E-state index in [2.05, 4.69) is 26.6 Å². The van der Waals surface area contributed by atoms with Gasteiger partial charge in [0.2, 0.25) is 17.6 Å². The van der Waals surface area contributed by atoms with Crippen molar-refractivity contribution in [1.29, 1.82) is 0 Å². The summed E-state index contributed by atoms with van der Waals surface area (Å²) in [4.78, 5) is 30.8. The van der Waals surface area contributed by atoms with Gasteiger partial charge in [0.15, 0.2) is 5.82 Å². The van der Waals surface area contributed by atoms with Crippen molar-refractivity contribution >= 4 is 22.7 Å². The molecule has 2 amide bonds. The van der Waals surface area contributed by atoms with Crippen LogP contribution in [0, 0.1) is 5.41 Å². The van der Waals surface area contributed by atoms with Crippen LogP contribution >= 0.6 is 0 Å².